The standard InChI is InChI=1S/C11H9ClF2N2O/c12-11-10(15-9(16-11)3-4-17)7-2-1-6(13)5-8(7)14/h1-2,5,17H,3-4H2,(H,15,16). The molecular weight excluding hydrogens is 250 g/mol. The number of halogens is 3. The highest BCUT2D eigenvalue weighted by Gasteiger charge is 2.14. The highest BCUT2D eigenvalue weighted by Crippen LogP contribution is 2.28. The zero-order valence-corrected chi connectivity index (χ0v) is 9.43. The van der Waals surface area contributed by atoms with Crippen LogP contribution in [0.5, 0.6) is 0 Å². The summed E-state index contributed by atoms with van der Waals surface area (Å²) < 4.78 is 26.3. The van der Waals surface area contributed by atoms with Gasteiger partial charge in [-0.2, -0.15) is 0 Å². The van der Waals surface area contributed by atoms with E-state index < -0.39 is 11.6 Å². The van der Waals surface area contributed by atoms with E-state index in [1.807, 2.05) is 0 Å². The van der Waals surface area contributed by atoms with Crippen molar-refractivity contribution in [1.29, 1.82) is 0 Å². The van der Waals surface area contributed by atoms with Gasteiger partial charge in [0.25, 0.3) is 0 Å². The predicted octanol–water partition coefficient (Wildman–Crippen LogP) is 2.54. The molecule has 2 aromatic rings. The first-order valence-corrected chi connectivity index (χ1v) is 5.30. The van der Waals surface area contributed by atoms with Crippen LogP contribution in [0.3, 0.4) is 0 Å². The molecule has 0 aliphatic rings. The van der Waals surface area contributed by atoms with Crippen molar-refractivity contribution in [2.75, 3.05) is 6.61 Å². The molecule has 2 rings (SSSR count). The lowest BCUT2D eigenvalue weighted by Gasteiger charge is -1.99. The quantitative estimate of drug-likeness (QED) is 0.889. The topological polar surface area (TPSA) is 48.9 Å². The molecule has 0 amide bonds. The Morgan fingerprint density at radius 3 is 2.76 bits per heavy atom. The van der Waals surface area contributed by atoms with Crippen LogP contribution in [0.25, 0.3) is 11.3 Å². The minimum atomic E-state index is -0.728. The minimum Gasteiger partial charge on any atom is -0.396 e. The van der Waals surface area contributed by atoms with E-state index in [1.54, 1.807) is 0 Å². The summed E-state index contributed by atoms with van der Waals surface area (Å²) in [7, 11) is 0. The zero-order valence-electron chi connectivity index (χ0n) is 8.67. The normalized spacial score (nSPS) is 10.8. The van der Waals surface area contributed by atoms with Gasteiger partial charge in [-0.05, 0) is 12.1 Å². The van der Waals surface area contributed by atoms with E-state index in [9.17, 15) is 8.78 Å². The summed E-state index contributed by atoms with van der Waals surface area (Å²) in [6.45, 7) is -0.0881. The average Bonchev–Trinajstić information content (AvgIpc) is 2.60. The molecule has 0 bridgehead atoms. The molecule has 0 unspecified atom stereocenters. The Morgan fingerprint density at radius 1 is 1.35 bits per heavy atom. The number of aromatic amines is 1. The smallest absolute Gasteiger partial charge is 0.135 e. The summed E-state index contributed by atoms with van der Waals surface area (Å²) in [5.41, 5.74) is 0.337. The molecule has 0 saturated carbocycles. The molecule has 2 N–H and O–H groups in total. The number of nitrogens with one attached hydrogen (secondary N) is 1. The Balaban J connectivity index is 2.45. The van der Waals surface area contributed by atoms with Crippen LogP contribution >= 0.6 is 11.6 Å². The summed E-state index contributed by atoms with van der Waals surface area (Å²) in [6, 6.07) is 3.18. The number of hydrogen-bond donors (Lipinski definition) is 2. The molecule has 0 saturated heterocycles. The minimum absolute atomic E-state index is 0.0881. The van der Waals surface area contributed by atoms with Gasteiger partial charge >= 0.3 is 0 Å². The molecule has 1 aromatic carbocycles. The molecule has 0 fully saturated rings. The number of benzene rings is 1. The Bertz CT molecular complexity index is 542. The van der Waals surface area contributed by atoms with Crippen molar-refractivity contribution in [1.82, 2.24) is 9.97 Å². The predicted molar refractivity (Wildman–Crippen MR) is 59.7 cm³/mol. The van der Waals surface area contributed by atoms with Crippen molar-refractivity contribution in [3.05, 3.63) is 40.8 Å². The third kappa shape index (κ3) is 2.45. The van der Waals surface area contributed by atoms with E-state index in [0.29, 0.717) is 12.2 Å². The van der Waals surface area contributed by atoms with Gasteiger partial charge < -0.3 is 10.1 Å². The Hall–Kier alpha value is -1.46. The maximum absolute atomic E-state index is 13.5. The van der Waals surface area contributed by atoms with Gasteiger partial charge in [0.1, 0.15) is 28.3 Å². The maximum atomic E-state index is 13.5. The molecule has 6 heteroatoms. The van der Waals surface area contributed by atoms with Gasteiger partial charge in [0, 0.05) is 18.1 Å². The van der Waals surface area contributed by atoms with E-state index in [4.69, 9.17) is 16.7 Å². The maximum Gasteiger partial charge on any atom is 0.135 e. The van der Waals surface area contributed by atoms with E-state index in [2.05, 4.69) is 9.97 Å². The highest BCUT2D eigenvalue weighted by molar-refractivity contribution is 6.31. The molecule has 1 aromatic heterocycles. The zero-order chi connectivity index (χ0) is 12.4. The van der Waals surface area contributed by atoms with Crippen LogP contribution in [0.4, 0.5) is 8.78 Å². The number of aliphatic hydroxyl groups is 1. The number of hydrogen-bond acceptors (Lipinski definition) is 2. The molecule has 0 spiro atoms. The van der Waals surface area contributed by atoms with Gasteiger partial charge in [-0.1, -0.05) is 11.6 Å². The second kappa shape index (κ2) is 4.81. The molecule has 0 aliphatic carbocycles. The highest BCUT2D eigenvalue weighted by atomic mass is 35.5. The van der Waals surface area contributed by atoms with E-state index in [1.165, 1.54) is 6.07 Å². The summed E-state index contributed by atoms with van der Waals surface area (Å²) in [4.78, 5) is 6.77. The number of nitrogens with zero attached hydrogens (tertiary/aromatic N) is 1. The van der Waals surface area contributed by atoms with Gasteiger partial charge in [0.15, 0.2) is 0 Å². The van der Waals surface area contributed by atoms with Crippen molar-refractivity contribution in [2.24, 2.45) is 0 Å². The third-order valence-electron chi connectivity index (χ3n) is 2.24. The van der Waals surface area contributed by atoms with E-state index >= 15 is 0 Å². The average molecular weight is 259 g/mol. The first-order valence-electron chi connectivity index (χ1n) is 4.92. The Morgan fingerprint density at radius 2 is 2.12 bits per heavy atom. The molecule has 1 heterocycles. The monoisotopic (exact) mass is 258 g/mol. The first-order chi connectivity index (χ1) is 8.11. The lowest BCUT2D eigenvalue weighted by molar-refractivity contribution is 0.297. The summed E-state index contributed by atoms with van der Waals surface area (Å²) in [5, 5.41) is 8.92. The lowest BCUT2D eigenvalue weighted by Crippen LogP contribution is -1.93. The largest absolute Gasteiger partial charge is 0.396 e. The van der Waals surface area contributed by atoms with Gasteiger partial charge in [-0.15, -0.1) is 0 Å². The van der Waals surface area contributed by atoms with Gasteiger partial charge in [-0.25, -0.2) is 13.8 Å². The van der Waals surface area contributed by atoms with Crippen LogP contribution in [-0.4, -0.2) is 21.7 Å². The van der Waals surface area contributed by atoms with Crippen molar-refractivity contribution >= 4 is 11.6 Å². The van der Waals surface area contributed by atoms with Gasteiger partial charge in [0.05, 0.1) is 6.61 Å². The number of H-pyrrole nitrogens is 1. The van der Waals surface area contributed by atoms with Crippen LogP contribution in [0.2, 0.25) is 5.15 Å². The van der Waals surface area contributed by atoms with Crippen LogP contribution in [0.1, 0.15) is 5.82 Å². The van der Waals surface area contributed by atoms with Crippen LogP contribution in [0, 0.1) is 11.6 Å². The molecule has 90 valence electrons. The van der Waals surface area contributed by atoms with Crippen molar-refractivity contribution in [2.45, 2.75) is 6.42 Å². The van der Waals surface area contributed by atoms with Crippen molar-refractivity contribution < 1.29 is 13.9 Å². The molecule has 0 radical (unpaired) electrons. The van der Waals surface area contributed by atoms with Gasteiger partial charge in [0.2, 0.25) is 0 Å². The van der Waals surface area contributed by atoms with Crippen molar-refractivity contribution in [3.63, 3.8) is 0 Å². The molecular formula is C11H9ClF2N2O. The fourth-order valence-corrected chi connectivity index (χ4v) is 1.74. The lowest BCUT2D eigenvalue weighted by atomic mass is 10.1. The molecule has 17 heavy (non-hydrogen) atoms. The second-order valence-corrected chi connectivity index (χ2v) is 3.82. The van der Waals surface area contributed by atoms with Crippen LogP contribution in [-0.2, 0) is 6.42 Å². The Kier molecular flexibility index (Phi) is 3.40. The second-order valence-electron chi connectivity index (χ2n) is 3.44. The number of rotatable bonds is 3. The number of aliphatic hydroxyl groups excluding tert-OH is 1. The van der Waals surface area contributed by atoms with Crippen molar-refractivity contribution in [3.8, 4) is 11.3 Å². The summed E-state index contributed by atoms with van der Waals surface area (Å²) in [6.07, 6.45) is 0.294. The SMILES string of the molecule is OCCc1nc(-c2ccc(F)cc2F)c(Cl)[nH]1. The van der Waals surface area contributed by atoms with E-state index in [-0.39, 0.29) is 23.0 Å². The summed E-state index contributed by atoms with van der Waals surface area (Å²) >= 11 is 5.87. The molecule has 0 aliphatic heterocycles. The fourth-order valence-electron chi connectivity index (χ4n) is 1.48. The third-order valence-corrected chi connectivity index (χ3v) is 2.52. The molecule has 0 atom stereocenters. The van der Waals surface area contributed by atoms with E-state index in [0.717, 1.165) is 12.1 Å². The molecule has 3 nitrogen and oxygen atoms in total. The Labute approximate surface area is 101 Å². The number of imidazole rings is 1. The van der Waals surface area contributed by atoms with Gasteiger partial charge in [-0.3, -0.25) is 0 Å². The fraction of sp³-hybridized carbons (Fsp3) is 0.182. The van der Waals surface area contributed by atoms with Crippen LogP contribution in [0.15, 0.2) is 18.2 Å². The van der Waals surface area contributed by atoms with Crippen LogP contribution < -0.4 is 0 Å². The number of aromatic nitrogens is 2. The first kappa shape index (κ1) is 12.0. The summed E-state index contributed by atoms with van der Waals surface area (Å²) in [5.74, 6) is -0.932.